The van der Waals surface area contributed by atoms with Gasteiger partial charge in [0.15, 0.2) is 0 Å². The molecule has 4 aromatic carbocycles. The molecule has 0 aromatic heterocycles. The third-order valence-electron chi connectivity index (χ3n) is 5.26. The number of hydrogen-bond donors (Lipinski definition) is 2. The van der Waals surface area contributed by atoms with Gasteiger partial charge < -0.3 is 10.1 Å². The van der Waals surface area contributed by atoms with Crippen molar-refractivity contribution in [1.29, 1.82) is 0 Å². The molecule has 172 valence electrons. The molecule has 0 aliphatic carbocycles. The Kier molecular flexibility index (Phi) is 7.06. The minimum atomic E-state index is -3.64. The number of rotatable bonds is 8. The first-order chi connectivity index (χ1) is 16.4. The standard InChI is InChI=1S/C27H24N2O4S/c1-33-25-12-6-11-24(18-25)29-27(30)23-10-5-9-22(17-23)21-13-15-26(16-14-21)34(31,32)28-19-20-7-3-2-4-8-20/h2-18,28H,19H2,1H3,(H,29,30). The summed E-state index contributed by atoms with van der Waals surface area (Å²) in [5, 5.41) is 2.86. The zero-order valence-electron chi connectivity index (χ0n) is 18.6. The van der Waals surface area contributed by atoms with Crippen molar-refractivity contribution in [2.45, 2.75) is 11.4 Å². The second kappa shape index (κ2) is 10.3. The van der Waals surface area contributed by atoms with Gasteiger partial charge in [0.05, 0.1) is 12.0 Å². The van der Waals surface area contributed by atoms with Crippen LogP contribution in [-0.2, 0) is 16.6 Å². The summed E-state index contributed by atoms with van der Waals surface area (Å²) in [6.45, 7) is 0.218. The van der Waals surface area contributed by atoms with Crippen LogP contribution in [0.4, 0.5) is 5.69 Å². The maximum absolute atomic E-state index is 12.7. The molecule has 4 aromatic rings. The molecule has 0 saturated carbocycles. The van der Waals surface area contributed by atoms with Crippen molar-refractivity contribution in [3.8, 4) is 16.9 Å². The molecule has 0 saturated heterocycles. The fraction of sp³-hybridized carbons (Fsp3) is 0.0741. The summed E-state index contributed by atoms with van der Waals surface area (Å²) in [7, 11) is -2.07. The predicted molar refractivity (Wildman–Crippen MR) is 133 cm³/mol. The summed E-state index contributed by atoms with van der Waals surface area (Å²) in [6.07, 6.45) is 0. The number of benzene rings is 4. The number of anilines is 1. The average Bonchev–Trinajstić information content (AvgIpc) is 2.88. The second-order valence-electron chi connectivity index (χ2n) is 7.60. The van der Waals surface area contributed by atoms with Gasteiger partial charge in [-0.15, -0.1) is 0 Å². The topological polar surface area (TPSA) is 84.5 Å². The van der Waals surface area contributed by atoms with Crippen molar-refractivity contribution < 1.29 is 17.9 Å². The molecule has 4 rings (SSSR count). The maximum Gasteiger partial charge on any atom is 0.255 e. The van der Waals surface area contributed by atoms with Gasteiger partial charge in [0.25, 0.3) is 5.91 Å². The predicted octanol–water partition coefficient (Wildman–Crippen LogP) is 5.09. The molecule has 0 spiro atoms. The van der Waals surface area contributed by atoms with Crippen LogP contribution in [0.15, 0.2) is 108 Å². The summed E-state index contributed by atoms with van der Waals surface area (Å²) in [5.74, 6) is 0.402. The Bertz CT molecular complexity index is 1390. The van der Waals surface area contributed by atoms with Crippen molar-refractivity contribution in [3.63, 3.8) is 0 Å². The average molecular weight is 473 g/mol. The van der Waals surface area contributed by atoms with Gasteiger partial charge in [-0.2, -0.15) is 0 Å². The highest BCUT2D eigenvalue weighted by Gasteiger charge is 2.14. The summed E-state index contributed by atoms with van der Waals surface area (Å²) < 4.78 is 33.1. The number of methoxy groups -OCH3 is 1. The smallest absolute Gasteiger partial charge is 0.255 e. The van der Waals surface area contributed by atoms with Crippen LogP contribution in [0.2, 0.25) is 0 Å². The number of amides is 1. The number of ether oxygens (including phenoxy) is 1. The molecule has 2 N–H and O–H groups in total. The van der Waals surface area contributed by atoms with E-state index in [4.69, 9.17) is 4.74 Å². The van der Waals surface area contributed by atoms with E-state index in [1.54, 1.807) is 73.8 Å². The van der Waals surface area contributed by atoms with E-state index in [1.165, 1.54) is 0 Å². The van der Waals surface area contributed by atoms with Crippen LogP contribution in [0.3, 0.4) is 0 Å². The lowest BCUT2D eigenvalue weighted by atomic mass is 10.0. The molecule has 0 fully saturated rings. The number of sulfonamides is 1. The zero-order chi connectivity index (χ0) is 24.0. The molecule has 0 atom stereocenters. The highest BCUT2D eigenvalue weighted by molar-refractivity contribution is 7.89. The Morgan fingerprint density at radius 1 is 0.794 bits per heavy atom. The van der Waals surface area contributed by atoms with Gasteiger partial charge in [-0.25, -0.2) is 13.1 Å². The van der Waals surface area contributed by atoms with Crippen LogP contribution in [0.1, 0.15) is 15.9 Å². The Hall–Kier alpha value is -3.94. The zero-order valence-corrected chi connectivity index (χ0v) is 19.4. The normalized spacial score (nSPS) is 11.1. The van der Waals surface area contributed by atoms with Crippen molar-refractivity contribution >= 4 is 21.6 Å². The first kappa shape index (κ1) is 23.2. The third-order valence-corrected chi connectivity index (χ3v) is 6.68. The fourth-order valence-corrected chi connectivity index (χ4v) is 4.45. The van der Waals surface area contributed by atoms with Crippen LogP contribution >= 0.6 is 0 Å². The van der Waals surface area contributed by atoms with Crippen molar-refractivity contribution in [2.75, 3.05) is 12.4 Å². The Labute approximate surface area is 199 Å². The van der Waals surface area contributed by atoms with E-state index in [-0.39, 0.29) is 17.3 Å². The van der Waals surface area contributed by atoms with Crippen molar-refractivity contribution in [3.05, 3.63) is 114 Å². The first-order valence-corrected chi connectivity index (χ1v) is 12.1. The molecular formula is C27H24N2O4S. The monoisotopic (exact) mass is 472 g/mol. The van der Waals surface area contributed by atoms with Crippen LogP contribution < -0.4 is 14.8 Å². The highest BCUT2D eigenvalue weighted by Crippen LogP contribution is 2.24. The molecule has 6 nitrogen and oxygen atoms in total. The van der Waals surface area contributed by atoms with Crippen LogP contribution in [0.25, 0.3) is 11.1 Å². The summed E-state index contributed by atoms with van der Waals surface area (Å²) in [6, 6.07) is 30.2. The van der Waals surface area contributed by atoms with E-state index in [1.807, 2.05) is 36.4 Å². The van der Waals surface area contributed by atoms with Crippen molar-refractivity contribution in [2.24, 2.45) is 0 Å². The minimum absolute atomic E-state index is 0.180. The lowest BCUT2D eigenvalue weighted by molar-refractivity contribution is 0.102. The molecule has 1 amide bonds. The second-order valence-corrected chi connectivity index (χ2v) is 9.37. The van der Waals surface area contributed by atoms with E-state index in [2.05, 4.69) is 10.0 Å². The molecule has 0 heterocycles. The lowest BCUT2D eigenvalue weighted by Crippen LogP contribution is -2.23. The van der Waals surface area contributed by atoms with Crippen LogP contribution in [-0.4, -0.2) is 21.4 Å². The van der Waals surface area contributed by atoms with Gasteiger partial charge in [0.1, 0.15) is 5.75 Å². The Morgan fingerprint density at radius 3 is 2.26 bits per heavy atom. The Balaban J connectivity index is 1.47. The molecule has 0 bridgehead atoms. The number of nitrogens with one attached hydrogen (secondary N) is 2. The highest BCUT2D eigenvalue weighted by atomic mass is 32.2. The quantitative estimate of drug-likeness (QED) is 0.374. The molecular weight excluding hydrogens is 448 g/mol. The molecule has 0 radical (unpaired) electrons. The van der Waals surface area contributed by atoms with Gasteiger partial charge in [0, 0.05) is 23.9 Å². The maximum atomic E-state index is 12.7. The first-order valence-electron chi connectivity index (χ1n) is 10.6. The number of hydrogen-bond acceptors (Lipinski definition) is 4. The van der Waals surface area contributed by atoms with Gasteiger partial charge in [-0.05, 0) is 53.1 Å². The van der Waals surface area contributed by atoms with E-state index < -0.39 is 10.0 Å². The minimum Gasteiger partial charge on any atom is -0.497 e. The fourth-order valence-electron chi connectivity index (χ4n) is 3.43. The lowest BCUT2D eigenvalue weighted by Gasteiger charge is -2.10. The van der Waals surface area contributed by atoms with E-state index in [9.17, 15) is 13.2 Å². The summed E-state index contributed by atoms with van der Waals surface area (Å²) in [5.41, 5.74) is 3.61. The summed E-state index contributed by atoms with van der Waals surface area (Å²) >= 11 is 0. The van der Waals surface area contributed by atoms with Gasteiger partial charge in [-0.3, -0.25) is 4.79 Å². The number of carbonyl (C=O) groups excluding carboxylic acids is 1. The van der Waals surface area contributed by atoms with Gasteiger partial charge in [0.2, 0.25) is 10.0 Å². The Morgan fingerprint density at radius 2 is 1.53 bits per heavy atom. The van der Waals surface area contributed by atoms with Gasteiger partial charge in [-0.1, -0.05) is 60.7 Å². The van der Waals surface area contributed by atoms with Gasteiger partial charge >= 0.3 is 0 Å². The largest absolute Gasteiger partial charge is 0.497 e. The molecule has 7 heteroatoms. The van der Waals surface area contributed by atoms with E-state index >= 15 is 0 Å². The van der Waals surface area contributed by atoms with Crippen LogP contribution in [0.5, 0.6) is 5.75 Å². The van der Waals surface area contributed by atoms with E-state index in [0.717, 1.165) is 16.7 Å². The number of carbonyl (C=O) groups is 1. The van der Waals surface area contributed by atoms with E-state index in [0.29, 0.717) is 17.0 Å². The van der Waals surface area contributed by atoms with Crippen molar-refractivity contribution in [1.82, 2.24) is 4.72 Å². The van der Waals surface area contributed by atoms with Crippen LogP contribution in [0, 0.1) is 0 Å². The summed E-state index contributed by atoms with van der Waals surface area (Å²) in [4.78, 5) is 12.9. The molecule has 0 unspecified atom stereocenters. The SMILES string of the molecule is COc1cccc(NC(=O)c2cccc(-c3ccc(S(=O)(=O)NCc4ccccc4)cc3)c2)c1. The molecule has 0 aliphatic heterocycles. The molecule has 0 aliphatic rings. The third kappa shape index (κ3) is 5.70. The molecule has 34 heavy (non-hydrogen) atoms.